The number of rotatable bonds is 4. The topological polar surface area (TPSA) is 90.3 Å². The van der Waals surface area contributed by atoms with Crippen LogP contribution in [0.2, 0.25) is 0 Å². The predicted molar refractivity (Wildman–Crippen MR) is 123 cm³/mol. The van der Waals surface area contributed by atoms with Gasteiger partial charge in [0.1, 0.15) is 6.07 Å². The van der Waals surface area contributed by atoms with Gasteiger partial charge in [0, 0.05) is 30.1 Å². The highest BCUT2D eigenvalue weighted by Gasteiger charge is 2.33. The lowest BCUT2D eigenvalue weighted by atomic mass is 9.96. The third-order valence-electron chi connectivity index (χ3n) is 6.58. The first-order chi connectivity index (χ1) is 15.5. The van der Waals surface area contributed by atoms with Crippen molar-refractivity contribution < 1.29 is 13.2 Å². The predicted octanol–water partition coefficient (Wildman–Crippen LogP) is 3.85. The van der Waals surface area contributed by atoms with E-state index in [-0.39, 0.29) is 35.4 Å². The lowest BCUT2D eigenvalue weighted by molar-refractivity contribution is -0.120. The maximum atomic E-state index is 13.0. The molecule has 162 valence electrons. The fourth-order valence-electron chi connectivity index (χ4n) is 4.87. The van der Waals surface area contributed by atoms with Crippen molar-refractivity contribution in [1.29, 1.82) is 5.26 Å². The molecule has 1 N–H and O–H groups in total. The van der Waals surface area contributed by atoms with Gasteiger partial charge >= 0.3 is 0 Å². The number of carbonyl (C=O) groups is 1. The van der Waals surface area contributed by atoms with Gasteiger partial charge < -0.3 is 5.32 Å². The first-order valence-electron chi connectivity index (χ1n) is 10.8. The second-order valence-corrected chi connectivity index (χ2v) is 10.3. The number of aryl methyl sites for hydroxylation is 2. The molecule has 7 heteroatoms. The average molecular weight is 446 g/mol. The number of amides is 1. The summed E-state index contributed by atoms with van der Waals surface area (Å²) >= 11 is 0. The molecule has 3 aromatic carbocycles. The van der Waals surface area contributed by atoms with E-state index in [1.165, 1.54) is 33.0 Å². The molecule has 0 unspecified atom stereocenters. The summed E-state index contributed by atoms with van der Waals surface area (Å²) < 4.78 is 27.4. The molecular formula is C25H23N3O3S. The molecule has 1 amide bonds. The Morgan fingerprint density at radius 1 is 0.969 bits per heavy atom. The van der Waals surface area contributed by atoms with Gasteiger partial charge in [-0.1, -0.05) is 36.4 Å². The van der Waals surface area contributed by atoms with E-state index < -0.39 is 10.0 Å². The monoisotopic (exact) mass is 445 g/mol. The van der Waals surface area contributed by atoms with Crippen molar-refractivity contribution in [3.05, 3.63) is 71.3 Å². The molecule has 0 bridgehead atoms. The first kappa shape index (κ1) is 20.7. The Balaban J connectivity index is 1.30. The summed E-state index contributed by atoms with van der Waals surface area (Å²) in [4.78, 5) is 13.0. The van der Waals surface area contributed by atoms with Crippen LogP contribution in [-0.4, -0.2) is 31.7 Å². The molecular weight excluding hydrogens is 422 g/mol. The van der Waals surface area contributed by atoms with Crippen LogP contribution < -0.4 is 5.32 Å². The van der Waals surface area contributed by atoms with Crippen LogP contribution >= 0.6 is 0 Å². The largest absolute Gasteiger partial charge is 0.325 e. The second-order valence-electron chi connectivity index (χ2n) is 8.39. The van der Waals surface area contributed by atoms with Crippen molar-refractivity contribution in [3.8, 4) is 6.07 Å². The smallest absolute Gasteiger partial charge is 0.244 e. The molecule has 6 nitrogen and oxygen atoms in total. The SMILES string of the molecule is N#Cc1ccccc1S(=O)(=O)N1CCC(C(=O)Nc2ccc3c4c(cccc24)CC3)CC1. The zero-order chi connectivity index (χ0) is 22.3. The second kappa shape index (κ2) is 8.05. The molecule has 0 saturated carbocycles. The Hall–Kier alpha value is -3.21. The van der Waals surface area contributed by atoms with Crippen LogP contribution in [-0.2, 0) is 27.7 Å². The molecule has 32 heavy (non-hydrogen) atoms. The highest BCUT2D eigenvalue weighted by molar-refractivity contribution is 7.89. The number of carbonyl (C=O) groups excluding carboxylic acids is 1. The van der Waals surface area contributed by atoms with E-state index in [0.29, 0.717) is 12.8 Å². The molecule has 1 aliphatic heterocycles. The van der Waals surface area contributed by atoms with Crippen molar-refractivity contribution in [2.45, 2.75) is 30.6 Å². The van der Waals surface area contributed by atoms with Crippen LogP contribution in [0.5, 0.6) is 0 Å². The quantitative estimate of drug-likeness (QED) is 0.660. The Kier molecular flexibility index (Phi) is 5.20. The van der Waals surface area contributed by atoms with Crippen LogP contribution in [0.3, 0.4) is 0 Å². The zero-order valence-electron chi connectivity index (χ0n) is 17.5. The fraction of sp³-hybridized carbons (Fsp3) is 0.280. The lowest BCUT2D eigenvalue weighted by Gasteiger charge is -2.30. The number of nitriles is 1. The Morgan fingerprint density at radius 2 is 1.69 bits per heavy atom. The van der Waals surface area contributed by atoms with Crippen LogP contribution in [0.25, 0.3) is 10.8 Å². The van der Waals surface area contributed by atoms with E-state index in [1.807, 2.05) is 24.3 Å². The summed E-state index contributed by atoms with van der Waals surface area (Å²) in [6.45, 7) is 0.508. The van der Waals surface area contributed by atoms with E-state index in [4.69, 9.17) is 0 Å². The lowest BCUT2D eigenvalue weighted by Crippen LogP contribution is -2.41. The molecule has 5 rings (SSSR count). The van der Waals surface area contributed by atoms with E-state index in [1.54, 1.807) is 12.1 Å². The van der Waals surface area contributed by atoms with Crippen LogP contribution in [0.15, 0.2) is 59.5 Å². The molecule has 1 heterocycles. The van der Waals surface area contributed by atoms with Crippen molar-refractivity contribution in [3.63, 3.8) is 0 Å². The van der Waals surface area contributed by atoms with Crippen molar-refractivity contribution >= 4 is 32.4 Å². The van der Waals surface area contributed by atoms with Crippen LogP contribution in [0, 0.1) is 17.2 Å². The Bertz CT molecular complexity index is 1360. The summed E-state index contributed by atoms with van der Waals surface area (Å²) in [6.07, 6.45) is 2.96. The van der Waals surface area contributed by atoms with Gasteiger partial charge in [-0.2, -0.15) is 9.57 Å². The number of hydrogen-bond acceptors (Lipinski definition) is 4. The summed E-state index contributed by atoms with van der Waals surface area (Å²) in [5.74, 6) is -0.325. The number of benzene rings is 3. The van der Waals surface area contributed by atoms with Gasteiger partial charge in [-0.3, -0.25) is 4.79 Å². The minimum Gasteiger partial charge on any atom is -0.325 e. The molecule has 0 atom stereocenters. The normalized spacial score (nSPS) is 16.7. The van der Waals surface area contributed by atoms with Gasteiger partial charge in [0.2, 0.25) is 15.9 Å². The number of anilines is 1. The third kappa shape index (κ3) is 3.46. The summed E-state index contributed by atoms with van der Waals surface area (Å²) in [5, 5.41) is 14.7. The fourth-order valence-corrected chi connectivity index (χ4v) is 6.48. The van der Waals surface area contributed by atoms with E-state index in [0.717, 1.165) is 23.9 Å². The maximum absolute atomic E-state index is 13.0. The van der Waals surface area contributed by atoms with Gasteiger partial charge in [0.15, 0.2) is 0 Å². The third-order valence-corrected chi connectivity index (χ3v) is 8.54. The van der Waals surface area contributed by atoms with Crippen molar-refractivity contribution in [2.75, 3.05) is 18.4 Å². The van der Waals surface area contributed by atoms with E-state index in [2.05, 4.69) is 17.4 Å². The molecule has 2 aliphatic rings. The molecule has 1 saturated heterocycles. The van der Waals surface area contributed by atoms with Gasteiger partial charge in [-0.15, -0.1) is 0 Å². The number of sulfonamides is 1. The van der Waals surface area contributed by atoms with Crippen LogP contribution in [0.1, 0.15) is 29.5 Å². The van der Waals surface area contributed by atoms with Gasteiger partial charge in [0.05, 0.1) is 10.5 Å². The molecule has 0 spiro atoms. The van der Waals surface area contributed by atoms with Gasteiger partial charge in [0.25, 0.3) is 0 Å². The standard InChI is InChI=1S/C25H23N3O3S/c26-16-20-4-1-2-7-23(20)32(30,31)28-14-12-19(13-15-28)25(29)27-22-11-10-18-9-8-17-5-3-6-21(22)24(17)18/h1-7,10-11,19H,8-9,12-15H2,(H,27,29). The molecule has 0 radical (unpaired) electrons. The zero-order valence-corrected chi connectivity index (χ0v) is 18.4. The summed E-state index contributed by atoms with van der Waals surface area (Å²) in [6, 6.07) is 18.5. The molecule has 1 fully saturated rings. The Morgan fingerprint density at radius 3 is 2.44 bits per heavy atom. The first-order valence-corrected chi connectivity index (χ1v) is 12.3. The van der Waals surface area contributed by atoms with Crippen molar-refractivity contribution in [1.82, 2.24) is 4.31 Å². The molecule has 0 aromatic heterocycles. The van der Waals surface area contributed by atoms with Gasteiger partial charge in [-0.25, -0.2) is 8.42 Å². The number of nitrogens with one attached hydrogen (secondary N) is 1. The highest BCUT2D eigenvalue weighted by atomic mass is 32.2. The maximum Gasteiger partial charge on any atom is 0.244 e. The molecule has 1 aliphatic carbocycles. The summed E-state index contributed by atoms with van der Waals surface area (Å²) in [5.41, 5.74) is 3.60. The number of piperidine rings is 1. The summed E-state index contributed by atoms with van der Waals surface area (Å²) in [7, 11) is -3.77. The van der Waals surface area contributed by atoms with E-state index in [9.17, 15) is 18.5 Å². The average Bonchev–Trinajstić information content (AvgIpc) is 3.25. The number of hydrogen-bond donors (Lipinski definition) is 1. The Labute approximate surface area is 187 Å². The highest BCUT2D eigenvalue weighted by Crippen LogP contribution is 2.35. The minimum absolute atomic E-state index is 0.0262. The van der Waals surface area contributed by atoms with E-state index >= 15 is 0 Å². The van der Waals surface area contributed by atoms with Crippen LogP contribution in [0.4, 0.5) is 5.69 Å². The van der Waals surface area contributed by atoms with Gasteiger partial charge in [-0.05, 0) is 60.4 Å². The molecule has 3 aromatic rings. The minimum atomic E-state index is -3.77. The number of nitrogens with zero attached hydrogens (tertiary/aromatic N) is 2. The van der Waals surface area contributed by atoms with Crippen molar-refractivity contribution in [2.24, 2.45) is 5.92 Å².